The van der Waals surface area contributed by atoms with E-state index in [4.69, 9.17) is 4.74 Å². The zero-order valence-corrected chi connectivity index (χ0v) is 10.8. The van der Waals surface area contributed by atoms with Crippen LogP contribution in [-0.4, -0.2) is 49.6 Å². The van der Waals surface area contributed by atoms with Crippen molar-refractivity contribution in [3.05, 3.63) is 0 Å². The largest absolute Gasteiger partial charge is 0.381 e. The molecule has 1 atom stereocenters. The summed E-state index contributed by atoms with van der Waals surface area (Å²) in [5.41, 5.74) is 0. The first-order valence-electron chi connectivity index (χ1n) is 6.88. The van der Waals surface area contributed by atoms with Crippen LogP contribution in [0.15, 0.2) is 0 Å². The number of likely N-dealkylation sites (tertiary alicyclic amines) is 1. The Bertz CT molecular complexity index is 301. The van der Waals surface area contributed by atoms with Crippen LogP contribution in [0.4, 0.5) is 0 Å². The van der Waals surface area contributed by atoms with Gasteiger partial charge in [0, 0.05) is 45.7 Å². The number of nitrogens with zero attached hydrogens (tertiary/aromatic N) is 1. The van der Waals surface area contributed by atoms with Gasteiger partial charge in [0.2, 0.25) is 11.8 Å². The molecule has 0 radical (unpaired) electrons. The van der Waals surface area contributed by atoms with Crippen LogP contribution >= 0.6 is 0 Å². The number of ether oxygens (including phenoxy) is 1. The summed E-state index contributed by atoms with van der Waals surface area (Å²) in [4.78, 5) is 25.0. The van der Waals surface area contributed by atoms with E-state index in [1.165, 1.54) is 0 Å². The van der Waals surface area contributed by atoms with Crippen molar-refractivity contribution in [2.45, 2.75) is 32.1 Å². The summed E-state index contributed by atoms with van der Waals surface area (Å²) in [7, 11) is 0. The van der Waals surface area contributed by atoms with Crippen molar-refractivity contribution in [1.29, 1.82) is 0 Å². The Labute approximate surface area is 108 Å². The second kappa shape index (κ2) is 6.73. The number of carbonyl (C=O) groups excluding carboxylic acids is 2. The molecule has 0 aromatic heterocycles. The van der Waals surface area contributed by atoms with Crippen molar-refractivity contribution in [3.63, 3.8) is 0 Å². The van der Waals surface area contributed by atoms with Gasteiger partial charge in [-0.25, -0.2) is 0 Å². The Kier molecular flexibility index (Phi) is 4.99. The molecule has 0 aromatic rings. The highest BCUT2D eigenvalue weighted by Gasteiger charge is 2.20. The molecule has 2 heterocycles. The molecule has 2 aliphatic rings. The summed E-state index contributed by atoms with van der Waals surface area (Å²) in [6, 6.07) is 0. The number of carbonyl (C=O) groups is 2. The topological polar surface area (TPSA) is 58.6 Å². The fourth-order valence-electron chi connectivity index (χ4n) is 2.51. The molecule has 1 N–H and O–H groups in total. The highest BCUT2D eigenvalue weighted by Crippen LogP contribution is 2.15. The first-order chi connectivity index (χ1) is 8.75. The van der Waals surface area contributed by atoms with Gasteiger partial charge in [0.05, 0.1) is 0 Å². The SMILES string of the molecule is O=C(C[C@@H]1CCOC1)NCCN1CCCCC1=O. The average molecular weight is 254 g/mol. The molecule has 2 rings (SSSR count). The molecular weight excluding hydrogens is 232 g/mol. The molecule has 2 fully saturated rings. The normalized spacial score (nSPS) is 24.3. The standard InChI is InChI=1S/C13H22N2O3/c16-12(9-11-4-8-18-10-11)14-5-7-15-6-2-1-3-13(15)17/h11H,1-10H2,(H,14,16)/t11-/m0/s1. The van der Waals surface area contributed by atoms with Crippen molar-refractivity contribution in [1.82, 2.24) is 10.2 Å². The van der Waals surface area contributed by atoms with Crippen molar-refractivity contribution >= 4 is 11.8 Å². The van der Waals surface area contributed by atoms with E-state index in [1.807, 2.05) is 4.90 Å². The Morgan fingerprint density at radius 2 is 2.33 bits per heavy atom. The van der Waals surface area contributed by atoms with E-state index >= 15 is 0 Å². The van der Waals surface area contributed by atoms with Gasteiger partial charge in [0.25, 0.3) is 0 Å². The second-order valence-corrected chi connectivity index (χ2v) is 5.12. The Balaban J connectivity index is 1.59. The monoisotopic (exact) mass is 254 g/mol. The quantitative estimate of drug-likeness (QED) is 0.779. The molecule has 0 aromatic carbocycles. The summed E-state index contributed by atoms with van der Waals surface area (Å²) in [6.45, 7) is 3.54. The first-order valence-corrected chi connectivity index (χ1v) is 6.88. The van der Waals surface area contributed by atoms with E-state index in [-0.39, 0.29) is 11.8 Å². The molecule has 102 valence electrons. The maximum absolute atomic E-state index is 11.7. The van der Waals surface area contributed by atoms with Crippen molar-refractivity contribution in [2.75, 3.05) is 32.8 Å². The van der Waals surface area contributed by atoms with Crippen LogP contribution in [0.1, 0.15) is 32.1 Å². The number of nitrogens with one attached hydrogen (secondary N) is 1. The van der Waals surface area contributed by atoms with Crippen LogP contribution in [0.2, 0.25) is 0 Å². The lowest BCUT2D eigenvalue weighted by Crippen LogP contribution is -2.41. The molecule has 2 amide bonds. The molecule has 0 saturated carbocycles. The maximum Gasteiger partial charge on any atom is 0.222 e. The molecule has 0 bridgehead atoms. The van der Waals surface area contributed by atoms with Crippen LogP contribution in [0.5, 0.6) is 0 Å². The van der Waals surface area contributed by atoms with E-state index in [0.29, 0.717) is 38.5 Å². The molecule has 0 spiro atoms. The van der Waals surface area contributed by atoms with Gasteiger partial charge in [-0.05, 0) is 25.2 Å². The van der Waals surface area contributed by atoms with Gasteiger partial charge in [-0.3, -0.25) is 9.59 Å². The molecular formula is C13H22N2O3. The van der Waals surface area contributed by atoms with E-state index in [2.05, 4.69) is 5.32 Å². The minimum atomic E-state index is 0.0787. The van der Waals surface area contributed by atoms with Gasteiger partial charge in [-0.1, -0.05) is 0 Å². The van der Waals surface area contributed by atoms with Crippen LogP contribution in [0.3, 0.4) is 0 Å². The molecule has 0 aliphatic carbocycles. The van der Waals surface area contributed by atoms with Gasteiger partial charge < -0.3 is 15.0 Å². The van der Waals surface area contributed by atoms with Gasteiger partial charge in [0.1, 0.15) is 0 Å². The van der Waals surface area contributed by atoms with E-state index in [0.717, 1.165) is 32.4 Å². The predicted octanol–water partition coefficient (Wildman–Crippen LogP) is 0.542. The first kappa shape index (κ1) is 13.3. The Hall–Kier alpha value is -1.10. The molecule has 5 nitrogen and oxygen atoms in total. The third kappa shape index (κ3) is 3.98. The van der Waals surface area contributed by atoms with E-state index in [1.54, 1.807) is 0 Å². The molecule has 0 unspecified atom stereocenters. The molecule has 2 saturated heterocycles. The highest BCUT2D eigenvalue weighted by atomic mass is 16.5. The van der Waals surface area contributed by atoms with Crippen molar-refractivity contribution < 1.29 is 14.3 Å². The average Bonchev–Trinajstić information content (AvgIpc) is 2.84. The summed E-state index contributed by atoms with van der Waals surface area (Å²) in [5, 5.41) is 2.89. The molecule has 18 heavy (non-hydrogen) atoms. The molecule has 2 aliphatic heterocycles. The zero-order valence-electron chi connectivity index (χ0n) is 10.8. The zero-order chi connectivity index (χ0) is 12.8. The minimum Gasteiger partial charge on any atom is -0.381 e. The third-order valence-electron chi connectivity index (χ3n) is 3.62. The number of rotatable bonds is 5. The summed E-state index contributed by atoms with van der Waals surface area (Å²) in [5.74, 6) is 0.677. The van der Waals surface area contributed by atoms with Crippen LogP contribution in [0, 0.1) is 5.92 Å². The summed E-state index contributed by atoms with van der Waals surface area (Å²) < 4.78 is 5.24. The second-order valence-electron chi connectivity index (χ2n) is 5.12. The van der Waals surface area contributed by atoms with E-state index in [9.17, 15) is 9.59 Å². The van der Waals surface area contributed by atoms with E-state index < -0.39 is 0 Å². The number of piperidine rings is 1. The maximum atomic E-state index is 11.7. The highest BCUT2D eigenvalue weighted by molar-refractivity contribution is 5.77. The van der Waals surface area contributed by atoms with Gasteiger partial charge in [0.15, 0.2) is 0 Å². The number of hydrogen-bond donors (Lipinski definition) is 1. The van der Waals surface area contributed by atoms with Crippen molar-refractivity contribution in [3.8, 4) is 0 Å². The minimum absolute atomic E-state index is 0.0787. The van der Waals surface area contributed by atoms with Crippen molar-refractivity contribution in [2.24, 2.45) is 5.92 Å². The lowest BCUT2D eigenvalue weighted by molar-refractivity contribution is -0.133. The van der Waals surface area contributed by atoms with Gasteiger partial charge in [-0.2, -0.15) is 0 Å². The lowest BCUT2D eigenvalue weighted by atomic mass is 10.1. The number of amides is 2. The Morgan fingerprint density at radius 3 is 3.06 bits per heavy atom. The fourth-order valence-corrected chi connectivity index (χ4v) is 2.51. The Morgan fingerprint density at radius 1 is 1.44 bits per heavy atom. The van der Waals surface area contributed by atoms with Crippen LogP contribution < -0.4 is 5.32 Å². The lowest BCUT2D eigenvalue weighted by Gasteiger charge is -2.26. The number of hydrogen-bond acceptors (Lipinski definition) is 3. The summed E-state index contributed by atoms with van der Waals surface area (Å²) in [6.07, 6.45) is 4.28. The predicted molar refractivity (Wildman–Crippen MR) is 67.0 cm³/mol. The smallest absolute Gasteiger partial charge is 0.222 e. The summed E-state index contributed by atoms with van der Waals surface area (Å²) >= 11 is 0. The fraction of sp³-hybridized carbons (Fsp3) is 0.846. The van der Waals surface area contributed by atoms with Crippen LogP contribution in [-0.2, 0) is 14.3 Å². The van der Waals surface area contributed by atoms with Gasteiger partial charge in [-0.15, -0.1) is 0 Å². The third-order valence-corrected chi connectivity index (χ3v) is 3.62. The van der Waals surface area contributed by atoms with Gasteiger partial charge >= 0.3 is 0 Å². The molecule has 5 heteroatoms. The van der Waals surface area contributed by atoms with Crippen LogP contribution in [0.25, 0.3) is 0 Å².